The Labute approximate surface area is 190 Å². The maximum Gasteiger partial charge on any atom is 0.251 e. The summed E-state index contributed by atoms with van der Waals surface area (Å²) in [6, 6.07) is 9.43. The number of hydrogen-bond acceptors (Lipinski definition) is 4. The number of carbonyl (C=O) groups is 2. The van der Waals surface area contributed by atoms with Gasteiger partial charge in [-0.15, -0.1) is 0 Å². The second kappa shape index (κ2) is 9.40. The van der Waals surface area contributed by atoms with Crippen molar-refractivity contribution in [2.75, 3.05) is 26.2 Å². The van der Waals surface area contributed by atoms with Crippen LogP contribution in [0.15, 0.2) is 53.4 Å². The van der Waals surface area contributed by atoms with E-state index in [0.29, 0.717) is 11.6 Å². The van der Waals surface area contributed by atoms with E-state index in [-0.39, 0.29) is 44.0 Å². The minimum absolute atomic E-state index is 0.0251. The summed E-state index contributed by atoms with van der Waals surface area (Å²) in [5.74, 6) is -2.27. The van der Waals surface area contributed by atoms with Gasteiger partial charge in [0.25, 0.3) is 5.91 Å². The summed E-state index contributed by atoms with van der Waals surface area (Å²) in [5.41, 5.74) is 1.30. The van der Waals surface area contributed by atoms with Gasteiger partial charge in [0.2, 0.25) is 15.9 Å². The largest absolute Gasteiger partial charge is 0.349 e. The van der Waals surface area contributed by atoms with Gasteiger partial charge in [0, 0.05) is 43.9 Å². The molecule has 33 heavy (non-hydrogen) atoms. The van der Waals surface area contributed by atoms with Crippen LogP contribution in [0.5, 0.6) is 0 Å². The summed E-state index contributed by atoms with van der Waals surface area (Å²) >= 11 is 0. The van der Waals surface area contributed by atoms with Crippen molar-refractivity contribution in [3.63, 3.8) is 0 Å². The standard InChI is InChI=1S/C23H23F2N3O4S/c24-18-6-9-20(25)21(15-18)33(31,32)28-13-11-27(12-14-28)22(29)10-3-16-1-4-17(5-2-16)23(30)26-19-7-8-19/h1-6,9-10,15,19H,7-8,11-14H2,(H,26,30)/b10-3+. The number of piperazine rings is 1. The molecule has 0 spiro atoms. The lowest BCUT2D eigenvalue weighted by molar-refractivity contribution is -0.127. The Bertz CT molecular complexity index is 1190. The predicted molar refractivity (Wildman–Crippen MR) is 118 cm³/mol. The molecule has 1 saturated heterocycles. The van der Waals surface area contributed by atoms with Gasteiger partial charge in [0.05, 0.1) is 0 Å². The maximum absolute atomic E-state index is 13.9. The highest BCUT2D eigenvalue weighted by Gasteiger charge is 2.32. The quantitative estimate of drug-likeness (QED) is 0.650. The smallest absolute Gasteiger partial charge is 0.251 e. The molecule has 2 aromatic rings. The van der Waals surface area contributed by atoms with Crippen molar-refractivity contribution < 1.29 is 26.8 Å². The van der Waals surface area contributed by atoms with Crippen LogP contribution in [0, 0.1) is 11.6 Å². The van der Waals surface area contributed by atoms with Gasteiger partial charge in [-0.3, -0.25) is 9.59 Å². The average Bonchev–Trinajstić information content (AvgIpc) is 3.63. The Morgan fingerprint density at radius 1 is 0.970 bits per heavy atom. The second-order valence-electron chi connectivity index (χ2n) is 8.01. The topological polar surface area (TPSA) is 86.8 Å². The van der Waals surface area contributed by atoms with Crippen LogP contribution in [0.1, 0.15) is 28.8 Å². The van der Waals surface area contributed by atoms with E-state index in [1.54, 1.807) is 30.3 Å². The number of sulfonamides is 1. The van der Waals surface area contributed by atoms with Gasteiger partial charge in [0.15, 0.2) is 0 Å². The molecule has 1 saturated carbocycles. The molecule has 7 nitrogen and oxygen atoms in total. The summed E-state index contributed by atoms with van der Waals surface area (Å²) in [5, 5.41) is 2.91. The van der Waals surface area contributed by atoms with Gasteiger partial charge in [-0.2, -0.15) is 4.31 Å². The zero-order chi connectivity index (χ0) is 23.6. The zero-order valence-corrected chi connectivity index (χ0v) is 18.5. The molecular weight excluding hydrogens is 452 g/mol. The van der Waals surface area contributed by atoms with E-state index in [4.69, 9.17) is 0 Å². The average molecular weight is 476 g/mol. The van der Waals surface area contributed by atoms with Gasteiger partial charge in [-0.05, 0) is 54.8 Å². The lowest BCUT2D eigenvalue weighted by atomic mass is 10.1. The van der Waals surface area contributed by atoms with Crippen LogP contribution in [0.25, 0.3) is 6.08 Å². The molecular formula is C23H23F2N3O4S. The van der Waals surface area contributed by atoms with E-state index in [1.807, 2.05) is 0 Å². The van der Waals surface area contributed by atoms with Crippen LogP contribution in [0.3, 0.4) is 0 Å². The summed E-state index contributed by atoms with van der Waals surface area (Å²) in [7, 11) is -4.20. The van der Waals surface area contributed by atoms with Crippen molar-refractivity contribution in [1.82, 2.24) is 14.5 Å². The van der Waals surface area contributed by atoms with Gasteiger partial charge in [-0.1, -0.05) is 12.1 Å². The van der Waals surface area contributed by atoms with Gasteiger partial charge < -0.3 is 10.2 Å². The van der Waals surface area contributed by atoms with Crippen LogP contribution in [0.2, 0.25) is 0 Å². The summed E-state index contributed by atoms with van der Waals surface area (Å²) in [4.78, 5) is 25.3. The first-order chi connectivity index (χ1) is 15.7. The second-order valence-corrected chi connectivity index (χ2v) is 9.91. The molecule has 2 aliphatic rings. The Morgan fingerprint density at radius 2 is 1.64 bits per heavy atom. The molecule has 2 fully saturated rings. The fraction of sp³-hybridized carbons (Fsp3) is 0.304. The first kappa shape index (κ1) is 23.1. The predicted octanol–water partition coefficient (Wildman–Crippen LogP) is 2.40. The lowest BCUT2D eigenvalue weighted by Gasteiger charge is -2.33. The molecule has 2 aromatic carbocycles. The third-order valence-corrected chi connectivity index (χ3v) is 7.48. The van der Waals surface area contributed by atoms with Gasteiger partial charge in [0.1, 0.15) is 16.5 Å². The number of nitrogens with zero attached hydrogens (tertiary/aromatic N) is 2. The van der Waals surface area contributed by atoms with Crippen molar-refractivity contribution in [2.45, 2.75) is 23.8 Å². The van der Waals surface area contributed by atoms with Gasteiger partial charge >= 0.3 is 0 Å². The van der Waals surface area contributed by atoms with Crippen molar-refractivity contribution >= 4 is 27.9 Å². The first-order valence-corrected chi connectivity index (χ1v) is 12.0. The molecule has 1 aliphatic heterocycles. The van der Waals surface area contributed by atoms with Crippen LogP contribution in [-0.4, -0.2) is 61.7 Å². The number of nitrogens with one attached hydrogen (secondary N) is 1. The van der Waals surface area contributed by atoms with Crippen LogP contribution in [0.4, 0.5) is 8.78 Å². The van der Waals surface area contributed by atoms with E-state index in [9.17, 15) is 26.8 Å². The molecule has 10 heteroatoms. The Kier molecular flexibility index (Phi) is 6.57. The number of halogens is 2. The molecule has 174 valence electrons. The number of carbonyl (C=O) groups excluding carboxylic acids is 2. The number of rotatable bonds is 6. The Hall–Kier alpha value is -3.11. The third-order valence-electron chi connectivity index (χ3n) is 5.57. The zero-order valence-electron chi connectivity index (χ0n) is 17.7. The molecule has 4 rings (SSSR count). The van der Waals surface area contributed by atoms with E-state index in [1.165, 1.54) is 11.0 Å². The minimum atomic E-state index is -4.20. The fourth-order valence-corrected chi connectivity index (χ4v) is 4.98. The summed E-state index contributed by atoms with van der Waals surface area (Å²) in [6.07, 6.45) is 5.03. The lowest BCUT2D eigenvalue weighted by Crippen LogP contribution is -2.50. The number of amides is 2. The Balaban J connectivity index is 1.33. The molecule has 0 radical (unpaired) electrons. The van der Waals surface area contributed by atoms with Crippen LogP contribution >= 0.6 is 0 Å². The number of hydrogen-bond donors (Lipinski definition) is 1. The normalized spacial score (nSPS) is 17.3. The molecule has 0 unspecified atom stereocenters. The van der Waals surface area contributed by atoms with Crippen molar-refractivity contribution in [3.05, 3.63) is 71.3 Å². The fourth-order valence-electron chi connectivity index (χ4n) is 3.48. The van der Waals surface area contributed by atoms with Crippen molar-refractivity contribution in [3.8, 4) is 0 Å². The SMILES string of the molecule is O=C(NC1CC1)c1ccc(/C=C/C(=O)N2CCN(S(=O)(=O)c3cc(F)ccc3F)CC2)cc1. The first-order valence-electron chi connectivity index (χ1n) is 10.6. The highest BCUT2D eigenvalue weighted by molar-refractivity contribution is 7.89. The molecule has 1 heterocycles. The number of benzene rings is 2. The molecule has 2 amide bonds. The summed E-state index contributed by atoms with van der Waals surface area (Å²) < 4.78 is 53.7. The highest BCUT2D eigenvalue weighted by Crippen LogP contribution is 2.22. The van der Waals surface area contributed by atoms with Crippen LogP contribution < -0.4 is 5.32 Å². The monoisotopic (exact) mass is 475 g/mol. The van der Waals surface area contributed by atoms with Gasteiger partial charge in [-0.25, -0.2) is 17.2 Å². The van der Waals surface area contributed by atoms with Crippen LogP contribution in [-0.2, 0) is 14.8 Å². The summed E-state index contributed by atoms with van der Waals surface area (Å²) in [6.45, 7) is 0.199. The van der Waals surface area contributed by atoms with E-state index < -0.39 is 26.6 Å². The van der Waals surface area contributed by atoms with E-state index in [2.05, 4.69) is 5.32 Å². The molecule has 0 atom stereocenters. The van der Waals surface area contributed by atoms with Crippen molar-refractivity contribution in [2.24, 2.45) is 0 Å². The minimum Gasteiger partial charge on any atom is -0.349 e. The highest BCUT2D eigenvalue weighted by atomic mass is 32.2. The molecule has 1 aliphatic carbocycles. The molecule has 0 bridgehead atoms. The molecule has 0 aromatic heterocycles. The van der Waals surface area contributed by atoms with E-state index >= 15 is 0 Å². The maximum atomic E-state index is 13.9. The third kappa shape index (κ3) is 5.45. The Morgan fingerprint density at radius 3 is 2.27 bits per heavy atom. The molecule has 1 N–H and O–H groups in total. The van der Waals surface area contributed by atoms with E-state index in [0.717, 1.165) is 34.8 Å². The van der Waals surface area contributed by atoms with Crippen molar-refractivity contribution in [1.29, 1.82) is 0 Å².